The minimum absolute atomic E-state index is 0.0849. The third kappa shape index (κ3) is 1.63. The Hall–Kier alpha value is -1.36. The van der Waals surface area contributed by atoms with E-state index in [-0.39, 0.29) is 6.04 Å². The summed E-state index contributed by atoms with van der Waals surface area (Å²) in [6, 6.07) is 0.0849. The van der Waals surface area contributed by atoms with Crippen molar-refractivity contribution in [1.29, 1.82) is 0 Å². The summed E-state index contributed by atoms with van der Waals surface area (Å²) in [5, 5.41) is 16.7. The number of carboxylic acids is 1. The van der Waals surface area contributed by atoms with Crippen molar-refractivity contribution >= 4 is 5.97 Å². The summed E-state index contributed by atoms with van der Waals surface area (Å²) in [6.45, 7) is 5.38. The van der Waals surface area contributed by atoms with Crippen LogP contribution in [0.4, 0.5) is 0 Å². The minimum Gasteiger partial charge on any atom is -0.477 e. The molecule has 0 unspecified atom stereocenters. The van der Waals surface area contributed by atoms with Crippen molar-refractivity contribution < 1.29 is 9.90 Å². The predicted molar refractivity (Wildman–Crippen MR) is 55.0 cm³/mol. The third-order valence-electron chi connectivity index (χ3n) is 2.62. The number of hydrogen-bond donors (Lipinski definition) is 2. The zero-order chi connectivity index (χ0) is 11.0. The van der Waals surface area contributed by atoms with Crippen molar-refractivity contribution in [3.05, 3.63) is 17.0 Å². The maximum absolute atomic E-state index is 11.2. The van der Waals surface area contributed by atoms with Gasteiger partial charge in [0.25, 0.3) is 0 Å². The molecule has 0 aliphatic carbocycles. The normalized spacial score (nSPS) is 15.4. The number of fused-ring (bicyclic) bond motifs is 1. The number of hydrogen-bond acceptors (Lipinski definition) is 3. The van der Waals surface area contributed by atoms with Crippen LogP contribution in [-0.4, -0.2) is 27.4 Å². The van der Waals surface area contributed by atoms with Gasteiger partial charge in [0.2, 0.25) is 0 Å². The summed E-state index contributed by atoms with van der Waals surface area (Å²) in [6.07, 6.45) is 0.815. The van der Waals surface area contributed by atoms with Crippen LogP contribution in [0.2, 0.25) is 0 Å². The van der Waals surface area contributed by atoms with Gasteiger partial charge in [-0.05, 0) is 13.8 Å². The number of rotatable bonds is 2. The van der Waals surface area contributed by atoms with Gasteiger partial charge in [-0.3, -0.25) is 4.68 Å². The Morgan fingerprint density at radius 2 is 2.33 bits per heavy atom. The minimum atomic E-state index is -0.888. The van der Waals surface area contributed by atoms with Gasteiger partial charge in [-0.2, -0.15) is 5.10 Å². The lowest BCUT2D eigenvalue weighted by molar-refractivity contribution is 0.0679. The third-order valence-corrected chi connectivity index (χ3v) is 2.62. The lowest BCUT2D eigenvalue weighted by atomic mass is 10.1. The van der Waals surface area contributed by atoms with E-state index >= 15 is 0 Å². The van der Waals surface area contributed by atoms with E-state index in [2.05, 4.69) is 10.4 Å². The lowest BCUT2D eigenvalue weighted by Gasteiger charge is -2.11. The van der Waals surface area contributed by atoms with Crippen molar-refractivity contribution in [1.82, 2.24) is 15.1 Å². The van der Waals surface area contributed by atoms with Gasteiger partial charge in [0, 0.05) is 31.1 Å². The first-order valence-electron chi connectivity index (χ1n) is 5.15. The first-order valence-corrected chi connectivity index (χ1v) is 5.15. The van der Waals surface area contributed by atoms with Crippen LogP contribution in [0.3, 0.4) is 0 Å². The fourth-order valence-corrected chi connectivity index (χ4v) is 1.92. The molecule has 0 aromatic carbocycles. The summed E-state index contributed by atoms with van der Waals surface area (Å²) in [7, 11) is 0. The number of aromatic carboxylic acids is 1. The van der Waals surface area contributed by atoms with Crippen molar-refractivity contribution in [3.63, 3.8) is 0 Å². The molecule has 0 saturated heterocycles. The number of nitrogens with zero attached hydrogens (tertiary/aromatic N) is 2. The number of aromatic nitrogens is 2. The van der Waals surface area contributed by atoms with Gasteiger partial charge in [-0.1, -0.05) is 0 Å². The predicted octanol–water partition coefficient (Wildman–Crippen LogP) is 0.808. The maximum atomic E-state index is 11.2. The second-order valence-corrected chi connectivity index (χ2v) is 4.04. The molecule has 1 aromatic rings. The first-order chi connectivity index (χ1) is 7.11. The maximum Gasteiger partial charge on any atom is 0.354 e. The monoisotopic (exact) mass is 209 g/mol. The average Bonchev–Trinajstić information content (AvgIpc) is 2.56. The van der Waals surface area contributed by atoms with E-state index in [0.29, 0.717) is 12.2 Å². The molecular formula is C10H15N3O2. The fraction of sp³-hybridized carbons (Fsp3) is 0.600. The molecule has 0 fully saturated rings. The number of carbonyl (C=O) groups is 1. The van der Waals surface area contributed by atoms with E-state index in [0.717, 1.165) is 24.2 Å². The smallest absolute Gasteiger partial charge is 0.354 e. The summed E-state index contributed by atoms with van der Waals surface area (Å²) in [5.74, 6) is -0.888. The summed E-state index contributed by atoms with van der Waals surface area (Å²) in [5.41, 5.74) is 2.12. The molecule has 0 radical (unpaired) electrons. The molecule has 1 aromatic heterocycles. The molecule has 0 bridgehead atoms. The van der Waals surface area contributed by atoms with Crippen LogP contribution in [0.25, 0.3) is 0 Å². The van der Waals surface area contributed by atoms with Crippen LogP contribution in [0.15, 0.2) is 0 Å². The SMILES string of the molecule is CC(C)n1nc2c(c1C(=O)O)CNCC2. The van der Waals surface area contributed by atoms with Crippen LogP contribution in [-0.2, 0) is 13.0 Å². The summed E-state index contributed by atoms with van der Waals surface area (Å²) in [4.78, 5) is 11.2. The molecule has 0 atom stereocenters. The van der Waals surface area contributed by atoms with Gasteiger partial charge in [-0.15, -0.1) is 0 Å². The fourth-order valence-electron chi connectivity index (χ4n) is 1.92. The molecule has 82 valence electrons. The Bertz CT molecular complexity index is 396. The van der Waals surface area contributed by atoms with Crippen molar-refractivity contribution in [2.45, 2.75) is 32.9 Å². The standard InChI is InChI=1S/C10H15N3O2/c1-6(2)13-9(10(14)15)7-5-11-4-3-8(7)12-13/h6,11H,3-5H2,1-2H3,(H,14,15). The van der Waals surface area contributed by atoms with Crippen LogP contribution >= 0.6 is 0 Å². The van der Waals surface area contributed by atoms with E-state index in [4.69, 9.17) is 0 Å². The van der Waals surface area contributed by atoms with Crippen molar-refractivity contribution in [2.24, 2.45) is 0 Å². The molecule has 0 spiro atoms. The Morgan fingerprint density at radius 3 is 2.93 bits per heavy atom. The Balaban J connectivity index is 2.56. The zero-order valence-electron chi connectivity index (χ0n) is 8.95. The van der Waals surface area contributed by atoms with E-state index in [1.807, 2.05) is 13.8 Å². The molecule has 1 aliphatic rings. The highest BCUT2D eigenvalue weighted by Gasteiger charge is 2.25. The van der Waals surface area contributed by atoms with E-state index in [1.165, 1.54) is 0 Å². The zero-order valence-corrected chi connectivity index (χ0v) is 8.95. The Morgan fingerprint density at radius 1 is 1.60 bits per heavy atom. The summed E-state index contributed by atoms with van der Waals surface area (Å²) >= 11 is 0. The molecule has 2 rings (SSSR count). The first kappa shape index (κ1) is 10.2. The quantitative estimate of drug-likeness (QED) is 0.756. The van der Waals surface area contributed by atoms with Gasteiger partial charge < -0.3 is 10.4 Å². The van der Waals surface area contributed by atoms with Gasteiger partial charge >= 0.3 is 5.97 Å². The largest absolute Gasteiger partial charge is 0.477 e. The Kier molecular flexibility index (Phi) is 2.48. The molecule has 5 heteroatoms. The molecule has 2 N–H and O–H groups in total. The topological polar surface area (TPSA) is 67.2 Å². The number of nitrogens with one attached hydrogen (secondary N) is 1. The number of carboxylic acid groups (broad SMARTS) is 1. The van der Waals surface area contributed by atoms with Crippen LogP contribution in [0.1, 0.15) is 41.6 Å². The molecule has 0 saturated carbocycles. The van der Waals surface area contributed by atoms with Gasteiger partial charge in [0.05, 0.1) is 5.69 Å². The van der Waals surface area contributed by atoms with Crippen LogP contribution < -0.4 is 5.32 Å². The van der Waals surface area contributed by atoms with Gasteiger partial charge in [0.15, 0.2) is 5.69 Å². The highest BCUT2D eigenvalue weighted by Crippen LogP contribution is 2.21. The second kappa shape index (κ2) is 3.66. The van der Waals surface area contributed by atoms with Crippen LogP contribution in [0.5, 0.6) is 0 Å². The van der Waals surface area contributed by atoms with Crippen molar-refractivity contribution in [3.8, 4) is 0 Å². The van der Waals surface area contributed by atoms with Gasteiger partial charge in [-0.25, -0.2) is 4.79 Å². The van der Waals surface area contributed by atoms with Crippen molar-refractivity contribution in [2.75, 3.05) is 6.54 Å². The van der Waals surface area contributed by atoms with E-state index in [1.54, 1.807) is 4.68 Å². The highest BCUT2D eigenvalue weighted by atomic mass is 16.4. The molecule has 5 nitrogen and oxygen atoms in total. The van der Waals surface area contributed by atoms with Gasteiger partial charge in [0.1, 0.15) is 0 Å². The molecular weight excluding hydrogens is 194 g/mol. The molecule has 15 heavy (non-hydrogen) atoms. The second-order valence-electron chi connectivity index (χ2n) is 4.04. The van der Waals surface area contributed by atoms with E-state index in [9.17, 15) is 9.90 Å². The Labute approximate surface area is 88.1 Å². The average molecular weight is 209 g/mol. The lowest BCUT2D eigenvalue weighted by Crippen LogP contribution is -2.24. The van der Waals surface area contributed by atoms with Crippen LogP contribution in [0, 0.1) is 0 Å². The molecule has 1 aliphatic heterocycles. The molecule has 0 amide bonds. The van der Waals surface area contributed by atoms with E-state index < -0.39 is 5.97 Å². The summed E-state index contributed by atoms with van der Waals surface area (Å²) < 4.78 is 1.61. The highest BCUT2D eigenvalue weighted by molar-refractivity contribution is 5.88. The molecule has 2 heterocycles.